The fraction of sp³-hybridized carbons (Fsp3) is 0.517. The molecule has 2 fully saturated rings. The van der Waals surface area contributed by atoms with Gasteiger partial charge in [0, 0.05) is 70.6 Å². The molecule has 39 heavy (non-hydrogen) atoms. The highest BCUT2D eigenvalue weighted by Gasteiger charge is 2.42. The number of piperidine rings is 1. The lowest BCUT2D eigenvalue weighted by Crippen LogP contribution is -2.49. The van der Waals surface area contributed by atoms with Gasteiger partial charge in [-0.1, -0.05) is 11.6 Å². The number of hydrogen-bond acceptors (Lipinski definition) is 7. The van der Waals surface area contributed by atoms with Gasteiger partial charge < -0.3 is 34.4 Å². The third-order valence-corrected chi connectivity index (χ3v) is 8.20. The van der Waals surface area contributed by atoms with Crippen molar-refractivity contribution in [3.05, 3.63) is 52.5 Å². The Kier molecular flexibility index (Phi) is 7.94. The molecule has 2 amide bonds. The van der Waals surface area contributed by atoms with E-state index in [1.165, 1.54) is 23.1 Å². The van der Waals surface area contributed by atoms with Crippen LogP contribution >= 0.6 is 11.6 Å². The maximum Gasteiger partial charge on any atom is 0.258 e. The first-order valence-electron chi connectivity index (χ1n) is 13.5. The van der Waals surface area contributed by atoms with E-state index in [9.17, 15) is 19.8 Å². The third kappa shape index (κ3) is 5.95. The lowest BCUT2D eigenvalue weighted by molar-refractivity contribution is -0.132. The molecule has 2 atom stereocenters. The number of nitrogens with zero attached hydrogens (tertiary/aromatic N) is 3. The number of phenolic OH excluding ortho intramolecular Hbond substituents is 1. The molecule has 0 unspecified atom stereocenters. The van der Waals surface area contributed by atoms with Crippen molar-refractivity contribution in [2.24, 2.45) is 0 Å². The number of carbonyl (C=O) groups excluding carboxylic acids is 2. The number of phenols is 1. The van der Waals surface area contributed by atoms with Gasteiger partial charge in [-0.05, 0) is 48.7 Å². The maximum absolute atomic E-state index is 13.4. The first-order valence-corrected chi connectivity index (χ1v) is 13.9. The van der Waals surface area contributed by atoms with E-state index in [0.29, 0.717) is 24.5 Å². The van der Waals surface area contributed by atoms with Gasteiger partial charge in [-0.15, -0.1) is 0 Å². The van der Waals surface area contributed by atoms with Crippen LogP contribution in [0.3, 0.4) is 0 Å². The molecule has 2 aromatic carbocycles. The van der Waals surface area contributed by atoms with Crippen molar-refractivity contribution >= 4 is 23.4 Å². The van der Waals surface area contributed by atoms with Gasteiger partial charge in [0.2, 0.25) is 5.91 Å². The van der Waals surface area contributed by atoms with E-state index in [1.807, 2.05) is 18.2 Å². The van der Waals surface area contributed by atoms with Crippen molar-refractivity contribution in [2.75, 3.05) is 46.9 Å². The summed E-state index contributed by atoms with van der Waals surface area (Å²) in [4.78, 5) is 31.3. The van der Waals surface area contributed by atoms with Crippen LogP contribution in [0.15, 0.2) is 36.4 Å². The van der Waals surface area contributed by atoms with E-state index in [1.54, 1.807) is 19.0 Å². The summed E-state index contributed by atoms with van der Waals surface area (Å²) in [5, 5.41) is 21.5. The number of fused-ring (bicyclic) bond motifs is 1. The van der Waals surface area contributed by atoms with Crippen LogP contribution in [0.25, 0.3) is 0 Å². The van der Waals surface area contributed by atoms with Crippen molar-refractivity contribution in [1.82, 2.24) is 14.7 Å². The standard InChI is InChI=1S/C29H36ClN3O6/c1-31(2)28(37)24-4-3-11-33(24)27(36)23-7-6-21(34)15-26(23)38-18-22(35)17-32-12-9-29(10-13-32)16-19-14-20(30)5-8-25(19)39-29/h5-8,14-15,22,24,34-35H,3-4,9-13,16-18H2,1-2H3/t22-,24-/m0/s1. The van der Waals surface area contributed by atoms with Crippen LogP contribution < -0.4 is 9.47 Å². The summed E-state index contributed by atoms with van der Waals surface area (Å²) in [7, 11) is 3.36. The summed E-state index contributed by atoms with van der Waals surface area (Å²) in [6.45, 7) is 2.43. The number of hydrogen-bond donors (Lipinski definition) is 2. The number of likely N-dealkylation sites (N-methyl/N-ethyl adjacent to an activating group) is 1. The average molecular weight is 558 g/mol. The fourth-order valence-corrected chi connectivity index (χ4v) is 6.08. The van der Waals surface area contributed by atoms with Crippen LogP contribution in [0.1, 0.15) is 41.6 Å². The van der Waals surface area contributed by atoms with Gasteiger partial charge in [-0.3, -0.25) is 9.59 Å². The monoisotopic (exact) mass is 557 g/mol. The highest BCUT2D eigenvalue weighted by molar-refractivity contribution is 6.30. The molecule has 10 heteroatoms. The molecule has 2 aromatic rings. The number of ether oxygens (including phenoxy) is 2. The minimum Gasteiger partial charge on any atom is -0.508 e. The second-order valence-electron chi connectivity index (χ2n) is 11.0. The van der Waals surface area contributed by atoms with E-state index >= 15 is 0 Å². The average Bonchev–Trinajstić information content (AvgIpc) is 3.53. The van der Waals surface area contributed by atoms with Gasteiger partial charge in [0.1, 0.15) is 41.6 Å². The summed E-state index contributed by atoms with van der Waals surface area (Å²) in [6, 6.07) is 9.56. The molecular weight excluding hydrogens is 522 g/mol. The van der Waals surface area contributed by atoms with E-state index in [0.717, 1.165) is 50.1 Å². The second kappa shape index (κ2) is 11.2. The second-order valence-corrected chi connectivity index (χ2v) is 11.5. The molecule has 2 N–H and O–H groups in total. The number of aliphatic hydroxyl groups excluding tert-OH is 1. The van der Waals surface area contributed by atoms with Crippen molar-refractivity contribution in [1.29, 1.82) is 0 Å². The number of aromatic hydroxyl groups is 1. The quantitative estimate of drug-likeness (QED) is 0.539. The van der Waals surface area contributed by atoms with Crippen molar-refractivity contribution in [3.63, 3.8) is 0 Å². The highest BCUT2D eigenvalue weighted by Crippen LogP contribution is 2.42. The van der Waals surface area contributed by atoms with Crippen LogP contribution in [0, 0.1) is 0 Å². The molecule has 0 aromatic heterocycles. The zero-order valence-corrected chi connectivity index (χ0v) is 23.2. The third-order valence-electron chi connectivity index (χ3n) is 7.96. The lowest BCUT2D eigenvalue weighted by atomic mass is 9.87. The molecular formula is C29H36ClN3O6. The molecule has 5 rings (SSSR count). The normalized spacial score (nSPS) is 20.9. The molecule has 9 nitrogen and oxygen atoms in total. The Morgan fingerprint density at radius 3 is 2.69 bits per heavy atom. The van der Waals surface area contributed by atoms with E-state index in [2.05, 4.69) is 4.90 Å². The predicted octanol–water partition coefficient (Wildman–Crippen LogP) is 2.95. The van der Waals surface area contributed by atoms with Gasteiger partial charge in [0.15, 0.2) is 0 Å². The summed E-state index contributed by atoms with van der Waals surface area (Å²) in [6.07, 6.45) is 3.10. The van der Waals surface area contributed by atoms with E-state index in [-0.39, 0.29) is 41.1 Å². The van der Waals surface area contributed by atoms with E-state index in [4.69, 9.17) is 21.1 Å². The Morgan fingerprint density at radius 1 is 1.18 bits per heavy atom. The summed E-state index contributed by atoms with van der Waals surface area (Å²) >= 11 is 6.15. The molecule has 0 bridgehead atoms. The van der Waals surface area contributed by atoms with Gasteiger partial charge in [0.25, 0.3) is 5.91 Å². The van der Waals surface area contributed by atoms with Gasteiger partial charge in [-0.25, -0.2) is 0 Å². The number of rotatable bonds is 7. The van der Waals surface area contributed by atoms with Crippen LogP contribution in [-0.2, 0) is 11.2 Å². The molecule has 0 radical (unpaired) electrons. The summed E-state index contributed by atoms with van der Waals surface area (Å²) < 4.78 is 12.2. The fourth-order valence-electron chi connectivity index (χ4n) is 5.89. The number of benzene rings is 2. The Balaban J connectivity index is 1.16. The topological polar surface area (TPSA) is 103 Å². The van der Waals surface area contributed by atoms with Crippen LogP contribution in [0.4, 0.5) is 0 Å². The van der Waals surface area contributed by atoms with Crippen LogP contribution in [-0.4, -0.2) is 101 Å². The smallest absolute Gasteiger partial charge is 0.258 e. The van der Waals surface area contributed by atoms with Gasteiger partial charge >= 0.3 is 0 Å². The lowest BCUT2D eigenvalue weighted by Gasteiger charge is -2.39. The van der Waals surface area contributed by atoms with Crippen molar-refractivity contribution in [3.8, 4) is 17.2 Å². The molecule has 3 heterocycles. The van der Waals surface area contributed by atoms with Gasteiger partial charge in [-0.2, -0.15) is 0 Å². The van der Waals surface area contributed by atoms with E-state index < -0.39 is 12.1 Å². The van der Waals surface area contributed by atoms with Crippen molar-refractivity contribution in [2.45, 2.75) is 49.9 Å². The molecule has 2 saturated heterocycles. The number of likely N-dealkylation sites (tertiary alicyclic amines) is 2. The van der Waals surface area contributed by atoms with Crippen LogP contribution in [0.5, 0.6) is 17.2 Å². The zero-order valence-electron chi connectivity index (χ0n) is 22.4. The van der Waals surface area contributed by atoms with Crippen LogP contribution in [0.2, 0.25) is 5.02 Å². The molecule has 1 spiro atoms. The highest BCUT2D eigenvalue weighted by atomic mass is 35.5. The number of carbonyl (C=O) groups is 2. The molecule has 0 saturated carbocycles. The zero-order chi connectivity index (χ0) is 27.7. The van der Waals surface area contributed by atoms with Gasteiger partial charge in [0.05, 0.1) is 5.56 Å². The molecule has 210 valence electrons. The number of aliphatic hydroxyl groups is 1. The summed E-state index contributed by atoms with van der Waals surface area (Å²) in [5.74, 6) is 0.617. The first kappa shape index (κ1) is 27.6. The minimum atomic E-state index is -0.792. The first-order chi connectivity index (χ1) is 18.6. The Morgan fingerprint density at radius 2 is 1.95 bits per heavy atom. The molecule has 0 aliphatic carbocycles. The number of amides is 2. The Bertz CT molecular complexity index is 1230. The maximum atomic E-state index is 13.4. The number of halogens is 1. The number of β-amino-alcohol motifs (C(OH)–C–C–N with tert-alkyl or cyclic N) is 1. The largest absolute Gasteiger partial charge is 0.508 e. The predicted molar refractivity (Wildman–Crippen MR) is 147 cm³/mol. The minimum absolute atomic E-state index is 0.0358. The summed E-state index contributed by atoms with van der Waals surface area (Å²) in [5.41, 5.74) is 1.19. The molecule has 3 aliphatic rings. The SMILES string of the molecule is CN(C)C(=O)[C@@H]1CCCN1C(=O)c1ccc(O)cc1OC[C@@H](O)CN1CCC2(CC1)Cc1cc(Cl)ccc1O2. The Labute approximate surface area is 233 Å². The molecule has 3 aliphatic heterocycles. The van der Waals surface area contributed by atoms with Crippen molar-refractivity contribution < 1.29 is 29.3 Å². The Hall–Kier alpha value is -3.01.